The maximum absolute atomic E-state index is 14.8. The predicted octanol–water partition coefficient (Wildman–Crippen LogP) is 3.39. The molecule has 1 aromatic carbocycles. The Balaban J connectivity index is 1.50. The molecular formula is C21H18F3N5O. The van der Waals surface area contributed by atoms with Crippen molar-refractivity contribution in [2.24, 2.45) is 16.6 Å². The Morgan fingerprint density at radius 1 is 1.33 bits per heavy atom. The van der Waals surface area contributed by atoms with Crippen molar-refractivity contribution >= 4 is 11.7 Å². The molecule has 0 bridgehead atoms. The first kappa shape index (κ1) is 18.7. The van der Waals surface area contributed by atoms with Crippen LogP contribution in [0.4, 0.5) is 18.9 Å². The molecule has 1 aliphatic heterocycles. The van der Waals surface area contributed by atoms with Crippen molar-refractivity contribution < 1.29 is 17.9 Å². The van der Waals surface area contributed by atoms with Crippen LogP contribution in [0, 0.1) is 23.1 Å². The van der Waals surface area contributed by atoms with E-state index in [1.165, 1.54) is 24.4 Å². The number of nitriles is 1. The molecule has 6 nitrogen and oxygen atoms in total. The summed E-state index contributed by atoms with van der Waals surface area (Å²) in [6.45, 7) is 0. The van der Waals surface area contributed by atoms with Gasteiger partial charge in [-0.1, -0.05) is 0 Å². The number of pyridine rings is 1. The minimum atomic E-state index is -2.93. The van der Waals surface area contributed by atoms with E-state index in [4.69, 9.17) is 15.7 Å². The summed E-state index contributed by atoms with van der Waals surface area (Å²) in [5, 5.41) is 12.3. The molecule has 154 valence electrons. The second-order valence-electron chi connectivity index (χ2n) is 7.88. The van der Waals surface area contributed by atoms with Crippen molar-refractivity contribution in [1.29, 1.82) is 5.26 Å². The highest BCUT2D eigenvalue weighted by molar-refractivity contribution is 5.74. The molecule has 2 aliphatic carbocycles. The first-order valence-electron chi connectivity index (χ1n) is 9.68. The van der Waals surface area contributed by atoms with E-state index in [0.717, 1.165) is 24.1 Å². The lowest BCUT2D eigenvalue weighted by Crippen LogP contribution is -2.43. The smallest absolute Gasteiger partial charge is 0.283 e. The van der Waals surface area contributed by atoms with Gasteiger partial charge in [0.25, 0.3) is 12.4 Å². The Bertz CT molecular complexity index is 1100. The van der Waals surface area contributed by atoms with Gasteiger partial charge in [-0.3, -0.25) is 4.98 Å². The van der Waals surface area contributed by atoms with Crippen molar-refractivity contribution in [1.82, 2.24) is 4.98 Å². The number of hydrogen-bond donors (Lipinski definition) is 2. The summed E-state index contributed by atoms with van der Waals surface area (Å²) in [7, 11) is 0. The fraction of sp³-hybridized carbons (Fsp3) is 0.381. The van der Waals surface area contributed by atoms with Crippen LogP contribution in [-0.4, -0.2) is 23.5 Å². The van der Waals surface area contributed by atoms with Gasteiger partial charge in [0.1, 0.15) is 18.0 Å². The number of ether oxygens (including phenoxy) is 1. The fourth-order valence-electron chi connectivity index (χ4n) is 4.60. The Kier molecular flexibility index (Phi) is 4.13. The van der Waals surface area contributed by atoms with Gasteiger partial charge in [-0.25, -0.2) is 18.2 Å². The van der Waals surface area contributed by atoms with Crippen LogP contribution in [-0.2, 0) is 16.7 Å². The van der Waals surface area contributed by atoms with Crippen molar-refractivity contribution in [2.45, 2.75) is 43.4 Å². The number of anilines is 1. The molecule has 0 spiro atoms. The van der Waals surface area contributed by atoms with Crippen molar-refractivity contribution in [3.05, 3.63) is 58.7 Å². The zero-order valence-electron chi connectivity index (χ0n) is 15.8. The summed E-state index contributed by atoms with van der Waals surface area (Å²) >= 11 is 0. The molecule has 5 rings (SSSR count). The molecule has 3 aliphatic rings. The average molecular weight is 413 g/mol. The lowest BCUT2D eigenvalue weighted by molar-refractivity contribution is 0.0177. The van der Waals surface area contributed by atoms with Gasteiger partial charge < -0.3 is 15.8 Å². The number of rotatable bonds is 4. The average Bonchev–Trinajstić information content (AvgIpc) is 3.41. The lowest BCUT2D eigenvalue weighted by Gasteiger charge is -2.33. The van der Waals surface area contributed by atoms with Gasteiger partial charge in [0, 0.05) is 23.4 Å². The maximum Gasteiger partial charge on any atom is 0.283 e. The van der Waals surface area contributed by atoms with E-state index < -0.39 is 29.8 Å². The minimum absolute atomic E-state index is 0.162. The summed E-state index contributed by atoms with van der Waals surface area (Å²) in [6, 6.07) is 7.44. The summed E-state index contributed by atoms with van der Waals surface area (Å²) in [6.07, 6.45) is -0.0639. The van der Waals surface area contributed by atoms with E-state index in [1.807, 2.05) is 0 Å². The number of amidine groups is 1. The number of fused-ring (bicyclic) bond motifs is 2. The van der Waals surface area contributed by atoms with E-state index >= 15 is 0 Å². The van der Waals surface area contributed by atoms with Crippen LogP contribution in [0.2, 0.25) is 0 Å². The summed E-state index contributed by atoms with van der Waals surface area (Å²) in [4.78, 5) is 8.28. The van der Waals surface area contributed by atoms with Crippen LogP contribution < -0.4 is 11.1 Å². The largest absolute Gasteiger partial charge is 0.462 e. The third kappa shape index (κ3) is 2.78. The number of benzene rings is 1. The summed E-state index contributed by atoms with van der Waals surface area (Å²) in [5.41, 5.74) is 6.15. The standard InChI is InChI=1S/C21H18F3N5O/c22-15-3-2-12(28-16-4-1-11-5-10(8-25)9-27-18(11)16)6-13(15)21(19(23)24)14-7-17(14)30-20(26)29-21/h2-3,5-6,9,14,16-17,19,28H,1,4,7H2,(H2,26,29)/t14?,16-,17?,21-/m1/s1. The molecule has 2 unspecified atom stereocenters. The minimum Gasteiger partial charge on any atom is -0.462 e. The Morgan fingerprint density at radius 2 is 2.17 bits per heavy atom. The van der Waals surface area contributed by atoms with Gasteiger partial charge in [0.2, 0.25) is 0 Å². The molecule has 30 heavy (non-hydrogen) atoms. The third-order valence-electron chi connectivity index (χ3n) is 6.10. The molecule has 1 fully saturated rings. The van der Waals surface area contributed by atoms with Crippen molar-refractivity contribution in [3.63, 3.8) is 0 Å². The van der Waals surface area contributed by atoms with Crippen molar-refractivity contribution in [3.8, 4) is 6.07 Å². The second-order valence-corrected chi connectivity index (χ2v) is 7.88. The van der Waals surface area contributed by atoms with Crippen molar-refractivity contribution in [2.75, 3.05) is 5.32 Å². The number of aryl methyl sites for hydroxylation is 1. The highest BCUT2D eigenvalue weighted by Crippen LogP contribution is 2.56. The molecule has 0 radical (unpaired) electrons. The number of nitrogens with one attached hydrogen (secondary N) is 1. The molecule has 0 saturated heterocycles. The van der Waals surface area contributed by atoms with Gasteiger partial charge in [-0.05, 0) is 49.1 Å². The molecule has 0 amide bonds. The number of nitrogens with two attached hydrogens (primary N) is 1. The molecule has 3 N–H and O–H groups in total. The van der Waals surface area contributed by atoms with Crippen LogP contribution in [0.1, 0.15) is 41.3 Å². The monoisotopic (exact) mass is 413 g/mol. The first-order chi connectivity index (χ1) is 14.4. The van der Waals surface area contributed by atoms with Crippen LogP contribution >= 0.6 is 0 Å². The SMILES string of the molecule is N#Cc1cnc2c(c1)CC[C@H]2Nc1ccc(F)c([C@@]2(C(F)F)N=C(N)OC3CC32)c1. The van der Waals surface area contributed by atoms with Gasteiger partial charge in [0.05, 0.1) is 17.3 Å². The van der Waals surface area contributed by atoms with E-state index in [1.54, 1.807) is 6.07 Å². The predicted molar refractivity (Wildman–Crippen MR) is 102 cm³/mol. The van der Waals surface area contributed by atoms with Crippen LogP contribution in [0.15, 0.2) is 35.5 Å². The zero-order chi connectivity index (χ0) is 21.0. The van der Waals surface area contributed by atoms with E-state index in [9.17, 15) is 13.2 Å². The number of aliphatic imine (C=N–C) groups is 1. The van der Waals surface area contributed by atoms with Gasteiger partial charge in [0.15, 0.2) is 5.54 Å². The van der Waals surface area contributed by atoms with E-state index in [0.29, 0.717) is 17.7 Å². The van der Waals surface area contributed by atoms with Gasteiger partial charge in [-0.15, -0.1) is 0 Å². The Hall–Kier alpha value is -3.28. The summed E-state index contributed by atoms with van der Waals surface area (Å²) < 4.78 is 48.5. The molecule has 2 aromatic rings. The number of halogens is 3. The molecule has 9 heteroatoms. The number of nitrogens with zero attached hydrogens (tertiary/aromatic N) is 3. The third-order valence-corrected chi connectivity index (χ3v) is 6.10. The van der Waals surface area contributed by atoms with Crippen LogP contribution in [0.25, 0.3) is 0 Å². The van der Waals surface area contributed by atoms with Gasteiger partial charge in [-0.2, -0.15) is 5.26 Å². The molecule has 1 aromatic heterocycles. The number of hydrogen-bond acceptors (Lipinski definition) is 6. The molecular weight excluding hydrogens is 395 g/mol. The molecule has 2 heterocycles. The van der Waals surface area contributed by atoms with E-state index in [-0.39, 0.29) is 17.6 Å². The summed E-state index contributed by atoms with van der Waals surface area (Å²) in [5.74, 6) is -1.37. The Morgan fingerprint density at radius 3 is 2.93 bits per heavy atom. The van der Waals surface area contributed by atoms with Crippen LogP contribution in [0.3, 0.4) is 0 Å². The normalized spacial score (nSPS) is 28.8. The van der Waals surface area contributed by atoms with Crippen LogP contribution in [0.5, 0.6) is 0 Å². The zero-order valence-corrected chi connectivity index (χ0v) is 15.8. The topological polar surface area (TPSA) is 96.3 Å². The maximum atomic E-state index is 14.8. The highest BCUT2D eigenvalue weighted by Gasteiger charge is 2.64. The second kappa shape index (κ2) is 6.62. The molecule has 4 atom stereocenters. The molecule has 1 saturated carbocycles. The Labute approximate surface area is 170 Å². The lowest BCUT2D eigenvalue weighted by atomic mass is 9.84. The first-order valence-corrected chi connectivity index (χ1v) is 9.68. The van der Waals surface area contributed by atoms with E-state index in [2.05, 4.69) is 21.4 Å². The fourth-order valence-corrected chi connectivity index (χ4v) is 4.60. The number of alkyl halides is 2. The quantitative estimate of drug-likeness (QED) is 0.801. The number of aromatic nitrogens is 1. The van der Waals surface area contributed by atoms with Gasteiger partial charge >= 0.3 is 0 Å². The highest BCUT2D eigenvalue weighted by atomic mass is 19.3.